The van der Waals surface area contributed by atoms with Gasteiger partial charge < -0.3 is 10.6 Å². The minimum absolute atomic E-state index is 0.105. The normalized spacial score (nSPS) is 15.0. The molecule has 2 N–H and O–H groups in total. The summed E-state index contributed by atoms with van der Waals surface area (Å²) in [5, 5.41) is 0. The Kier molecular flexibility index (Phi) is 3.49. The summed E-state index contributed by atoms with van der Waals surface area (Å²) in [6, 6.07) is 3.25. The van der Waals surface area contributed by atoms with Gasteiger partial charge in [-0.15, -0.1) is 0 Å². The fraction of sp³-hybridized carbons (Fsp3) is 0.417. The Labute approximate surface area is 99.6 Å². The summed E-state index contributed by atoms with van der Waals surface area (Å²) in [7, 11) is 0. The van der Waals surface area contributed by atoms with E-state index in [9.17, 15) is 9.59 Å². The van der Waals surface area contributed by atoms with Crippen LogP contribution >= 0.6 is 0 Å². The van der Waals surface area contributed by atoms with Crippen molar-refractivity contribution < 1.29 is 9.59 Å². The lowest BCUT2D eigenvalue weighted by atomic mass is 10.1. The molecule has 17 heavy (non-hydrogen) atoms. The van der Waals surface area contributed by atoms with E-state index in [0.717, 1.165) is 25.9 Å². The lowest BCUT2D eigenvalue weighted by Gasteiger charge is -2.15. The van der Waals surface area contributed by atoms with Crippen molar-refractivity contribution in [3.8, 4) is 0 Å². The standard InChI is InChI=1S/C12H15N3O2/c13-8-10(16)9-4-3-5-14-11(9)12(17)15-6-1-2-7-15/h3-5H,1-2,6-8,13H2. The molecular formula is C12H15N3O2. The topological polar surface area (TPSA) is 76.3 Å². The fourth-order valence-corrected chi connectivity index (χ4v) is 1.98. The number of hydrogen-bond donors (Lipinski definition) is 1. The Hall–Kier alpha value is -1.75. The molecule has 5 heteroatoms. The number of amides is 1. The first kappa shape index (κ1) is 11.7. The van der Waals surface area contributed by atoms with Crippen LogP contribution in [0.4, 0.5) is 0 Å². The third kappa shape index (κ3) is 2.34. The van der Waals surface area contributed by atoms with Crippen molar-refractivity contribution in [3.63, 3.8) is 0 Å². The van der Waals surface area contributed by atoms with Crippen LogP contribution in [0.25, 0.3) is 0 Å². The van der Waals surface area contributed by atoms with Crippen LogP contribution in [0, 0.1) is 0 Å². The first-order chi connectivity index (χ1) is 8.24. The van der Waals surface area contributed by atoms with Crippen molar-refractivity contribution in [1.29, 1.82) is 0 Å². The number of ketones is 1. The van der Waals surface area contributed by atoms with Gasteiger partial charge in [0.2, 0.25) is 0 Å². The molecule has 0 atom stereocenters. The smallest absolute Gasteiger partial charge is 0.273 e. The molecule has 0 spiro atoms. The molecular weight excluding hydrogens is 218 g/mol. The molecule has 0 aromatic carbocycles. The zero-order valence-corrected chi connectivity index (χ0v) is 9.56. The van der Waals surface area contributed by atoms with Gasteiger partial charge in [0.1, 0.15) is 5.69 Å². The number of nitrogens with zero attached hydrogens (tertiary/aromatic N) is 2. The molecule has 0 saturated carbocycles. The Morgan fingerprint density at radius 3 is 2.71 bits per heavy atom. The zero-order chi connectivity index (χ0) is 12.3. The van der Waals surface area contributed by atoms with E-state index in [-0.39, 0.29) is 23.9 Å². The van der Waals surface area contributed by atoms with E-state index in [1.165, 1.54) is 6.20 Å². The number of rotatable bonds is 3. The van der Waals surface area contributed by atoms with Gasteiger partial charge >= 0.3 is 0 Å². The zero-order valence-electron chi connectivity index (χ0n) is 9.56. The van der Waals surface area contributed by atoms with Gasteiger partial charge in [-0.05, 0) is 25.0 Å². The number of carbonyl (C=O) groups is 2. The molecule has 0 radical (unpaired) electrons. The van der Waals surface area contributed by atoms with E-state index in [1.807, 2.05) is 0 Å². The minimum atomic E-state index is -0.249. The molecule has 1 aliphatic rings. The summed E-state index contributed by atoms with van der Waals surface area (Å²) >= 11 is 0. The predicted octanol–water partition coefficient (Wildman–Crippen LogP) is 0.459. The van der Waals surface area contributed by atoms with Gasteiger partial charge in [-0.3, -0.25) is 14.6 Å². The Balaban J connectivity index is 2.30. The molecule has 0 aliphatic carbocycles. The number of aromatic nitrogens is 1. The average Bonchev–Trinajstić information content (AvgIpc) is 2.91. The molecule has 1 saturated heterocycles. The third-order valence-corrected chi connectivity index (χ3v) is 2.89. The van der Waals surface area contributed by atoms with Gasteiger partial charge in [0.25, 0.3) is 5.91 Å². The second-order valence-corrected chi connectivity index (χ2v) is 4.03. The summed E-state index contributed by atoms with van der Waals surface area (Å²) in [5.41, 5.74) is 5.88. The van der Waals surface area contributed by atoms with E-state index in [4.69, 9.17) is 5.73 Å². The fourth-order valence-electron chi connectivity index (χ4n) is 1.98. The van der Waals surface area contributed by atoms with Crippen molar-refractivity contribution in [2.75, 3.05) is 19.6 Å². The van der Waals surface area contributed by atoms with Gasteiger partial charge in [0.05, 0.1) is 12.1 Å². The molecule has 0 bridgehead atoms. The van der Waals surface area contributed by atoms with Gasteiger partial charge in [0.15, 0.2) is 5.78 Å². The lowest BCUT2D eigenvalue weighted by molar-refractivity contribution is 0.0781. The Bertz CT molecular complexity index is 439. The highest BCUT2D eigenvalue weighted by molar-refractivity contribution is 6.07. The number of nitrogens with two attached hydrogens (primary N) is 1. The van der Waals surface area contributed by atoms with Crippen LogP contribution in [-0.4, -0.2) is 41.2 Å². The molecule has 90 valence electrons. The average molecular weight is 233 g/mol. The van der Waals surface area contributed by atoms with Crippen LogP contribution in [0.2, 0.25) is 0 Å². The van der Waals surface area contributed by atoms with Crippen LogP contribution in [0.1, 0.15) is 33.7 Å². The van der Waals surface area contributed by atoms with Crippen molar-refractivity contribution in [3.05, 3.63) is 29.6 Å². The minimum Gasteiger partial charge on any atom is -0.337 e. The molecule has 2 heterocycles. The van der Waals surface area contributed by atoms with Gasteiger partial charge in [-0.25, -0.2) is 0 Å². The second-order valence-electron chi connectivity index (χ2n) is 4.03. The van der Waals surface area contributed by atoms with Crippen LogP contribution in [0.5, 0.6) is 0 Å². The quantitative estimate of drug-likeness (QED) is 0.769. The number of likely N-dealkylation sites (tertiary alicyclic amines) is 1. The van der Waals surface area contributed by atoms with Crippen molar-refractivity contribution in [2.45, 2.75) is 12.8 Å². The summed E-state index contributed by atoms with van der Waals surface area (Å²) in [6.07, 6.45) is 3.55. The van der Waals surface area contributed by atoms with Gasteiger partial charge in [0, 0.05) is 19.3 Å². The maximum atomic E-state index is 12.2. The van der Waals surface area contributed by atoms with Crippen molar-refractivity contribution >= 4 is 11.7 Å². The van der Waals surface area contributed by atoms with E-state index in [2.05, 4.69) is 4.98 Å². The summed E-state index contributed by atoms with van der Waals surface area (Å²) < 4.78 is 0. The Morgan fingerprint density at radius 2 is 2.06 bits per heavy atom. The van der Waals surface area contributed by atoms with E-state index in [1.54, 1.807) is 17.0 Å². The maximum Gasteiger partial charge on any atom is 0.273 e. The van der Waals surface area contributed by atoms with Crippen LogP contribution in [0.3, 0.4) is 0 Å². The lowest BCUT2D eigenvalue weighted by Crippen LogP contribution is -2.30. The molecule has 1 aromatic heterocycles. The Morgan fingerprint density at radius 1 is 1.35 bits per heavy atom. The number of Topliss-reactive ketones (excluding diaryl/α,β-unsaturated/α-hetero) is 1. The highest BCUT2D eigenvalue weighted by atomic mass is 16.2. The van der Waals surface area contributed by atoms with Gasteiger partial charge in [-0.2, -0.15) is 0 Å². The largest absolute Gasteiger partial charge is 0.337 e. The molecule has 0 unspecified atom stereocenters. The van der Waals surface area contributed by atoms with Crippen molar-refractivity contribution in [2.24, 2.45) is 5.73 Å². The number of pyridine rings is 1. The maximum absolute atomic E-state index is 12.2. The number of hydrogen-bond acceptors (Lipinski definition) is 4. The number of carbonyl (C=O) groups excluding carboxylic acids is 2. The van der Waals surface area contributed by atoms with E-state index >= 15 is 0 Å². The molecule has 5 nitrogen and oxygen atoms in total. The molecule has 1 aromatic rings. The summed E-state index contributed by atoms with van der Waals surface area (Å²) in [6.45, 7) is 1.38. The van der Waals surface area contributed by atoms with Gasteiger partial charge in [-0.1, -0.05) is 0 Å². The SMILES string of the molecule is NCC(=O)c1cccnc1C(=O)N1CCCC1. The second kappa shape index (κ2) is 5.05. The summed E-state index contributed by atoms with van der Waals surface area (Å²) in [4.78, 5) is 29.5. The highest BCUT2D eigenvalue weighted by Gasteiger charge is 2.24. The molecule has 1 aliphatic heterocycles. The van der Waals surface area contributed by atoms with E-state index < -0.39 is 0 Å². The molecule has 2 rings (SSSR count). The monoisotopic (exact) mass is 233 g/mol. The first-order valence-corrected chi connectivity index (χ1v) is 5.71. The first-order valence-electron chi connectivity index (χ1n) is 5.71. The van der Waals surface area contributed by atoms with Crippen LogP contribution in [-0.2, 0) is 0 Å². The predicted molar refractivity (Wildman–Crippen MR) is 62.8 cm³/mol. The van der Waals surface area contributed by atoms with Crippen molar-refractivity contribution in [1.82, 2.24) is 9.88 Å². The van der Waals surface area contributed by atoms with Crippen LogP contribution in [0.15, 0.2) is 18.3 Å². The van der Waals surface area contributed by atoms with Crippen LogP contribution < -0.4 is 5.73 Å². The highest BCUT2D eigenvalue weighted by Crippen LogP contribution is 2.14. The molecule has 1 fully saturated rings. The third-order valence-electron chi connectivity index (χ3n) is 2.89. The summed E-state index contributed by atoms with van der Waals surface area (Å²) in [5.74, 6) is -0.416. The molecule has 1 amide bonds. The van der Waals surface area contributed by atoms with E-state index in [0.29, 0.717) is 5.56 Å².